The van der Waals surface area contributed by atoms with Crippen LogP contribution < -0.4 is 4.74 Å². The summed E-state index contributed by atoms with van der Waals surface area (Å²) >= 11 is 3.41. The molecule has 2 aromatic heterocycles. The molecule has 5 heteroatoms. The Balaban J connectivity index is 2.20. The summed E-state index contributed by atoms with van der Waals surface area (Å²) in [7, 11) is 1.65. The molecule has 3 rings (SSSR count). The number of hydrogen-bond donors (Lipinski definition) is 0. The maximum absolute atomic E-state index is 5.15. The Bertz CT molecular complexity index is 691. The van der Waals surface area contributed by atoms with Gasteiger partial charge in [-0.05, 0) is 40.2 Å². The molecule has 18 heavy (non-hydrogen) atoms. The number of halogens is 1. The lowest BCUT2D eigenvalue weighted by molar-refractivity contribution is 0.415. The zero-order valence-corrected chi connectivity index (χ0v) is 11.3. The molecule has 0 aliphatic rings. The van der Waals surface area contributed by atoms with Gasteiger partial charge in [-0.2, -0.15) is 0 Å². The van der Waals surface area contributed by atoms with E-state index in [1.807, 2.05) is 41.1 Å². The molecular weight excluding hydrogens is 294 g/mol. The van der Waals surface area contributed by atoms with E-state index in [0.29, 0.717) is 0 Å². The maximum atomic E-state index is 5.15. The van der Waals surface area contributed by atoms with Crippen LogP contribution in [-0.4, -0.2) is 21.5 Å². The average molecular weight is 304 g/mol. The van der Waals surface area contributed by atoms with Gasteiger partial charge in [0.05, 0.1) is 7.11 Å². The number of fused-ring (bicyclic) bond motifs is 1. The van der Waals surface area contributed by atoms with Crippen molar-refractivity contribution in [3.63, 3.8) is 0 Å². The van der Waals surface area contributed by atoms with E-state index in [0.717, 1.165) is 27.3 Å². The molecule has 0 bridgehead atoms. The third-order valence-corrected chi connectivity index (χ3v) is 3.09. The molecule has 0 atom stereocenters. The Kier molecular flexibility index (Phi) is 2.76. The van der Waals surface area contributed by atoms with Gasteiger partial charge in [0.25, 0.3) is 0 Å². The van der Waals surface area contributed by atoms with E-state index in [1.54, 1.807) is 13.3 Å². The second-order valence-corrected chi connectivity index (χ2v) is 4.61. The van der Waals surface area contributed by atoms with Gasteiger partial charge in [-0.3, -0.25) is 0 Å². The smallest absolute Gasteiger partial charge is 0.163 e. The predicted octanol–water partition coefficient (Wildman–Crippen LogP) is 3.17. The molecule has 0 saturated carbocycles. The van der Waals surface area contributed by atoms with E-state index in [1.165, 1.54) is 0 Å². The number of hydrogen-bond acceptors (Lipinski definition) is 3. The lowest BCUT2D eigenvalue weighted by Crippen LogP contribution is -1.93. The van der Waals surface area contributed by atoms with Crippen LogP contribution in [0.3, 0.4) is 0 Å². The fourth-order valence-corrected chi connectivity index (χ4v) is 2.24. The predicted molar refractivity (Wildman–Crippen MR) is 72.7 cm³/mol. The van der Waals surface area contributed by atoms with Gasteiger partial charge >= 0.3 is 0 Å². The van der Waals surface area contributed by atoms with Crippen LogP contribution in [0, 0.1) is 0 Å². The van der Waals surface area contributed by atoms with Crippen molar-refractivity contribution in [2.75, 3.05) is 7.11 Å². The Morgan fingerprint density at radius 2 is 2.00 bits per heavy atom. The van der Waals surface area contributed by atoms with Crippen LogP contribution in [0.5, 0.6) is 5.75 Å². The van der Waals surface area contributed by atoms with E-state index >= 15 is 0 Å². The zero-order valence-electron chi connectivity index (χ0n) is 9.67. The first-order valence-electron chi connectivity index (χ1n) is 5.41. The number of nitrogens with zero attached hydrogens (tertiary/aromatic N) is 3. The summed E-state index contributed by atoms with van der Waals surface area (Å²) in [4.78, 5) is 8.82. The van der Waals surface area contributed by atoms with Crippen molar-refractivity contribution < 1.29 is 4.74 Å². The van der Waals surface area contributed by atoms with Crippen LogP contribution in [0.15, 0.2) is 47.5 Å². The number of methoxy groups -OCH3 is 1. The monoisotopic (exact) mass is 303 g/mol. The number of rotatable bonds is 2. The summed E-state index contributed by atoms with van der Waals surface area (Å²) in [6.07, 6.45) is 5.54. The van der Waals surface area contributed by atoms with Crippen LogP contribution in [0.25, 0.3) is 16.9 Å². The first-order valence-corrected chi connectivity index (χ1v) is 6.21. The van der Waals surface area contributed by atoms with E-state index in [-0.39, 0.29) is 0 Å². The Morgan fingerprint density at radius 1 is 1.22 bits per heavy atom. The Morgan fingerprint density at radius 3 is 2.72 bits per heavy atom. The zero-order chi connectivity index (χ0) is 12.5. The minimum absolute atomic E-state index is 0.777. The Hall–Kier alpha value is -1.88. The maximum Gasteiger partial charge on any atom is 0.163 e. The van der Waals surface area contributed by atoms with Gasteiger partial charge in [-0.25, -0.2) is 9.97 Å². The second kappa shape index (κ2) is 4.42. The van der Waals surface area contributed by atoms with Gasteiger partial charge < -0.3 is 9.14 Å². The summed E-state index contributed by atoms with van der Waals surface area (Å²) in [6.45, 7) is 0. The second-order valence-electron chi connectivity index (χ2n) is 3.80. The van der Waals surface area contributed by atoms with Gasteiger partial charge in [-0.15, -0.1) is 0 Å². The van der Waals surface area contributed by atoms with E-state index in [9.17, 15) is 0 Å². The van der Waals surface area contributed by atoms with Crippen molar-refractivity contribution in [1.29, 1.82) is 0 Å². The van der Waals surface area contributed by atoms with Gasteiger partial charge in [0.1, 0.15) is 16.0 Å². The molecule has 0 radical (unpaired) electrons. The highest BCUT2D eigenvalue weighted by Gasteiger charge is 2.08. The van der Waals surface area contributed by atoms with E-state index in [4.69, 9.17) is 4.74 Å². The van der Waals surface area contributed by atoms with Crippen LogP contribution in [0.4, 0.5) is 0 Å². The molecule has 0 unspecified atom stereocenters. The third-order valence-electron chi connectivity index (χ3n) is 2.71. The van der Waals surface area contributed by atoms with Crippen molar-refractivity contribution in [2.24, 2.45) is 0 Å². The highest BCUT2D eigenvalue weighted by Crippen LogP contribution is 2.25. The molecule has 4 nitrogen and oxygen atoms in total. The van der Waals surface area contributed by atoms with Crippen LogP contribution in [-0.2, 0) is 0 Å². The standard InChI is InChI=1S/C13H10BrN3O/c1-18-10-4-2-9(3-5-10)12-13-15-6-7-17(13)8-11(14)16-12/h2-8H,1H3. The highest BCUT2D eigenvalue weighted by atomic mass is 79.9. The summed E-state index contributed by atoms with van der Waals surface area (Å²) in [5, 5.41) is 0. The topological polar surface area (TPSA) is 39.4 Å². The number of aromatic nitrogens is 3. The van der Waals surface area contributed by atoms with E-state index < -0.39 is 0 Å². The van der Waals surface area contributed by atoms with Crippen molar-refractivity contribution in [3.05, 3.63) is 47.5 Å². The molecule has 0 aliphatic heterocycles. The van der Waals surface area contributed by atoms with Gasteiger partial charge in [-0.1, -0.05) is 0 Å². The molecule has 0 spiro atoms. The number of benzene rings is 1. The first kappa shape index (κ1) is 11.2. The first-order chi connectivity index (χ1) is 8.78. The SMILES string of the molecule is COc1ccc(-c2nc(Br)cn3ccnc23)cc1. The fraction of sp³-hybridized carbons (Fsp3) is 0.0769. The minimum atomic E-state index is 0.777. The van der Waals surface area contributed by atoms with Crippen LogP contribution in [0.1, 0.15) is 0 Å². The summed E-state index contributed by atoms with van der Waals surface area (Å²) in [5.74, 6) is 0.827. The number of ether oxygens (including phenoxy) is 1. The number of imidazole rings is 1. The fourth-order valence-electron chi connectivity index (χ4n) is 1.84. The third kappa shape index (κ3) is 1.86. The van der Waals surface area contributed by atoms with Gasteiger partial charge in [0, 0.05) is 24.2 Å². The van der Waals surface area contributed by atoms with Gasteiger partial charge in [0.2, 0.25) is 0 Å². The normalized spacial score (nSPS) is 10.8. The molecule has 0 N–H and O–H groups in total. The Labute approximate surface area is 112 Å². The molecule has 0 fully saturated rings. The molecule has 1 aromatic carbocycles. The molecule has 90 valence electrons. The molecule has 0 aliphatic carbocycles. The van der Waals surface area contributed by atoms with Crippen molar-refractivity contribution in [1.82, 2.24) is 14.4 Å². The molecule has 2 heterocycles. The molecule has 0 amide bonds. The highest BCUT2D eigenvalue weighted by molar-refractivity contribution is 9.10. The van der Waals surface area contributed by atoms with Crippen LogP contribution >= 0.6 is 15.9 Å². The lowest BCUT2D eigenvalue weighted by Gasteiger charge is -2.05. The van der Waals surface area contributed by atoms with E-state index in [2.05, 4.69) is 25.9 Å². The van der Waals surface area contributed by atoms with Gasteiger partial charge in [0.15, 0.2) is 5.65 Å². The summed E-state index contributed by atoms with van der Waals surface area (Å²) in [6, 6.07) is 7.78. The van der Waals surface area contributed by atoms with Crippen molar-refractivity contribution >= 4 is 21.6 Å². The molecule has 3 aromatic rings. The summed E-state index contributed by atoms with van der Waals surface area (Å²) < 4.78 is 7.87. The van der Waals surface area contributed by atoms with Crippen molar-refractivity contribution in [3.8, 4) is 17.0 Å². The largest absolute Gasteiger partial charge is 0.497 e. The molecule has 0 saturated heterocycles. The van der Waals surface area contributed by atoms with Crippen molar-refractivity contribution in [2.45, 2.75) is 0 Å². The minimum Gasteiger partial charge on any atom is -0.497 e. The summed E-state index contributed by atoms with van der Waals surface area (Å²) in [5.41, 5.74) is 2.69. The quantitative estimate of drug-likeness (QED) is 0.730. The average Bonchev–Trinajstić information content (AvgIpc) is 2.86. The molecular formula is C13H10BrN3O. The lowest BCUT2D eigenvalue weighted by atomic mass is 10.1. The van der Waals surface area contributed by atoms with Crippen LogP contribution in [0.2, 0.25) is 0 Å².